The van der Waals surface area contributed by atoms with Crippen molar-refractivity contribution < 1.29 is 14.6 Å². The van der Waals surface area contributed by atoms with Crippen LogP contribution in [0.25, 0.3) is 0 Å². The van der Waals surface area contributed by atoms with Gasteiger partial charge in [0.25, 0.3) is 5.91 Å². The van der Waals surface area contributed by atoms with E-state index in [1.165, 1.54) is 5.56 Å². The maximum Gasteiger partial charge on any atom is 0.271 e. The third-order valence-electron chi connectivity index (χ3n) is 5.08. The van der Waals surface area contributed by atoms with Crippen LogP contribution in [-0.2, 0) is 6.54 Å². The number of hydrogen-bond acceptors (Lipinski definition) is 5. The van der Waals surface area contributed by atoms with Gasteiger partial charge in [0.05, 0.1) is 13.3 Å². The van der Waals surface area contributed by atoms with E-state index in [2.05, 4.69) is 15.4 Å². The highest BCUT2D eigenvalue weighted by molar-refractivity contribution is 5.94. The molecule has 1 aliphatic rings. The van der Waals surface area contributed by atoms with Crippen LogP contribution in [0.15, 0.2) is 53.6 Å². The van der Waals surface area contributed by atoms with Crippen molar-refractivity contribution in [2.75, 3.05) is 26.8 Å². The van der Waals surface area contributed by atoms with E-state index in [4.69, 9.17) is 4.74 Å². The lowest BCUT2D eigenvalue weighted by atomic mass is 9.97. The Kier molecular flexibility index (Phi) is 7.17. The maximum absolute atomic E-state index is 12.2. The number of nitrogens with zero attached hydrogens (tertiary/aromatic N) is 2. The number of nitrogens with one attached hydrogen (secondary N) is 1. The molecule has 2 aromatic carbocycles. The van der Waals surface area contributed by atoms with E-state index in [0.29, 0.717) is 18.1 Å². The van der Waals surface area contributed by atoms with E-state index in [1.54, 1.807) is 13.3 Å². The van der Waals surface area contributed by atoms with Crippen LogP contribution in [-0.4, -0.2) is 48.9 Å². The molecule has 6 nitrogen and oxygen atoms in total. The maximum atomic E-state index is 12.2. The molecule has 1 aliphatic heterocycles. The number of likely N-dealkylation sites (tertiary alicyclic amines) is 1. The first-order valence-electron chi connectivity index (χ1n) is 9.57. The minimum absolute atomic E-state index is 0.236. The topological polar surface area (TPSA) is 74.2 Å². The molecule has 0 atom stereocenters. The van der Waals surface area contributed by atoms with Gasteiger partial charge in [0.15, 0.2) is 0 Å². The van der Waals surface area contributed by atoms with Gasteiger partial charge >= 0.3 is 0 Å². The number of methoxy groups -OCH3 is 1. The number of rotatable bonds is 7. The highest BCUT2D eigenvalue weighted by Gasteiger charge is 2.18. The van der Waals surface area contributed by atoms with E-state index in [0.717, 1.165) is 43.8 Å². The van der Waals surface area contributed by atoms with Gasteiger partial charge in [-0.1, -0.05) is 12.1 Å². The molecule has 1 heterocycles. The van der Waals surface area contributed by atoms with Crippen LogP contribution in [0.1, 0.15) is 34.3 Å². The number of carbonyl (C=O) groups is 1. The van der Waals surface area contributed by atoms with Gasteiger partial charge in [0.1, 0.15) is 5.75 Å². The molecule has 2 N–H and O–H groups in total. The minimum atomic E-state index is -0.236. The second kappa shape index (κ2) is 10.0. The number of benzene rings is 2. The van der Waals surface area contributed by atoms with Crippen LogP contribution in [0.3, 0.4) is 0 Å². The molecule has 6 heteroatoms. The Morgan fingerprint density at radius 2 is 1.86 bits per heavy atom. The summed E-state index contributed by atoms with van der Waals surface area (Å²) >= 11 is 0. The third-order valence-corrected chi connectivity index (χ3v) is 5.08. The van der Waals surface area contributed by atoms with Gasteiger partial charge in [-0.05, 0) is 79.4 Å². The Balaban J connectivity index is 1.48. The molecule has 0 saturated carbocycles. The first-order valence-corrected chi connectivity index (χ1v) is 9.57. The van der Waals surface area contributed by atoms with Crippen molar-refractivity contribution in [3.05, 3.63) is 65.2 Å². The summed E-state index contributed by atoms with van der Waals surface area (Å²) in [5.74, 6) is 0.986. The number of ether oxygens (including phenoxy) is 1. The molecule has 0 aliphatic carbocycles. The van der Waals surface area contributed by atoms with Gasteiger partial charge in [0, 0.05) is 18.7 Å². The molecule has 0 bridgehead atoms. The van der Waals surface area contributed by atoms with Gasteiger partial charge in [-0.15, -0.1) is 0 Å². The number of carbonyl (C=O) groups excluding carboxylic acids is 1. The van der Waals surface area contributed by atoms with Crippen molar-refractivity contribution in [2.45, 2.75) is 19.4 Å². The first kappa shape index (κ1) is 20.0. The van der Waals surface area contributed by atoms with Crippen molar-refractivity contribution in [3.8, 4) is 5.75 Å². The molecule has 2 aromatic rings. The number of piperidine rings is 1. The van der Waals surface area contributed by atoms with E-state index >= 15 is 0 Å². The van der Waals surface area contributed by atoms with Gasteiger partial charge in [-0.2, -0.15) is 5.10 Å². The molecule has 0 radical (unpaired) electrons. The Bertz CT molecular complexity index is 780. The van der Waals surface area contributed by atoms with E-state index in [9.17, 15) is 9.90 Å². The van der Waals surface area contributed by atoms with Crippen molar-refractivity contribution in [1.29, 1.82) is 0 Å². The zero-order valence-corrected chi connectivity index (χ0v) is 16.2. The van der Waals surface area contributed by atoms with Gasteiger partial charge in [-0.25, -0.2) is 5.43 Å². The molecule has 1 amide bonds. The number of hydrogen-bond donors (Lipinski definition) is 2. The lowest BCUT2D eigenvalue weighted by Gasteiger charge is -2.31. The highest BCUT2D eigenvalue weighted by atomic mass is 16.5. The van der Waals surface area contributed by atoms with E-state index in [-0.39, 0.29) is 5.91 Å². The normalized spacial score (nSPS) is 15.6. The largest absolute Gasteiger partial charge is 0.497 e. The van der Waals surface area contributed by atoms with E-state index < -0.39 is 0 Å². The molecule has 0 spiro atoms. The minimum Gasteiger partial charge on any atom is -0.497 e. The molecule has 0 aromatic heterocycles. The fraction of sp³-hybridized carbons (Fsp3) is 0.364. The summed E-state index contributed by atoms with van der Waals surface area (Å²) < 4.78 is 5.11. The van der Waals surface area contributed by atoms with Crippen LogP contribution in [0.5, 0.6) is 5.75 Å². The number of aliphatic hydroxyl groups is 1. The number of amides is 1. The van der Waals surface area contributed by atoms with Crippen molar-refractivity contribution in [1.82, 2.24) is 10.3 Å². The average molecular weight is 381 g/mol. The van der Waals surface area contributed by atoms with Crippen molar-refractivity contribution >= 4 is 12.1 Å². The average Bonchev–Trinajstić information content (AvgIpc) is 2.75. The smallest absolute Gasteiger partial charge is 0.271 e. The monoisotopic (exact) mass is 381 g/mol. The highest BCUT2D eigenvalue weighted by Crippen LogP contribution is 2.18. The van der Waals surface area contributed by atoms with E-state index in [1.807, 2.05) is 48.5 Å². The van der Waals surface area contributed by atoms with Gasteiger partial charge < -0.3 is 9.84 Å². The summed E-state index contributed by atoms with van der Waals surface area (Å²) in [5, 5.41) is 13.2. The zero-order chi connectivity index (χ0) is 19.8. The molecular formula is C22H27N3O3. The molecule has 28 heavy (non-hydrogen) atoms. The first-order chi connectivity index (χ1) is 13.7. The fourth-order valence-corrected chi connectivity index (χ4v) is 3.27. The van der Waals surface area contributed by atoms with Gasteiger partial charge in [-0.3, -0.25) is 9.69 Å². The predicted molar refractivity (Wildman–Crippen MR) is 110 cm³/mol. The van der Waals surface area contributed by atoms with Crippen LogP contribution in [0.4, 0.5) is 0 Å². The molecule has 1 fully saturated rings. The van der Waals surface area contributed by atoms with Crippen molar-refractivity contribution in [3.63, 3.8) is 0 Å². The Morgan fingerprint density at radius 3 is 2.46 bits per heavy atom. The second-order valence-corrected chi connectivity index (χ2v) is 7.07. The summed E-state index contributed by atoms with van der Waals surface area (Å²) in [6.07, 6.45) is 3.69. The Morgan fingerprint density at radius 1 is 1.18 bits per heavy atom. The third kappa shape index (κ3) is 5.65. The lowest BCUT2D eigenvalue weighted by molar-refractivity contribution is 0.0955. The quantitative estimate of drug-likeness (QED) is 0.571. The Hall–Kier alpha value is -2.70. The summed E-state index contributed by atoms with van der Waals surface area (Å²) in [5.41, 5.74) is 5.19. The van der Waals surface area contributed by atoms with Crippen molar-refractivity contribution in [2.24, 2.45) is 11.0 Å². The second-order valence-electron chi connectivity index (χ2n) is 7.07. The summed E-state index contributed by atoms with van der Waals surface area (Å²) in [6.45, 7) is 3.18. The Labute approximate surface area is 165 Å². The number of hydrazone groups is 1. The SMILES string of the molecule is COc1ccc(/C=N/NC(=O)c2ccc(CN3CCC(CO)CC3)cc2)cc1. The van der Waals surface area contributed by atoms with Crippen LogP contribution < -0.4 is 10.2 Å². The lowest BCUT2D eigenvalue weighted by Crippen LogP contribution is -2.34. The molecule has 3 rings (SSSR count). The van der Waals surface area contributed by atoms with Crippen LogP contribution in [0.2, 0.25) is 0 Å². The van der Waals surface area contributed by atoms with Gasteiger partial charge in [0.2, 0.25) is 0 Å². The predicted octanol–water partition coefficient (Wildman–Crippen LogP) is 2.66. The standard InChI is InChI=1S/C22H27N3O3/c1-28-21-8-4-17(5-9-21)14-23-24-22(27)20-6-2-18(3-7-20)15-25-12-10-19(16-26)11-13-25/h2-9,14,19,26H,10-13,15-16H2,1H3,(H,24,27)/b23-14+. The van der Waals surface area contributed by atoms with Crippen LogP contribution >= 0.6 is 0 Å². The molecule has 148 valence electrons. The summed E-state index contributed by atoms with van der Waals surface area (Å²) in [7, 11) is 1.62. The summed E-state index contributed by atoms with van der Waals surface area (Å²) in [6, 6.07) is 15.0. The summed E-state index contributed by atoms with van der Waals surface area (Å²) in [4.78, 5) is 14.6. The fourth-order valence-electron chi connectivity index (χ4n) is 3.27. The molecule has 1 saturated heterocycles. The van der Waals surface area contributed by atoms with Crippen LogP contribution in [0, 0.1) is 5.92 Å². The molecule has 0 unspecified atom stereocenters. The zero-order valence-electron chi connectivity index (χ0n) is 16.2. The number of aliphatic hydroxyl groups excluding tert-OH is 1. The molecular weight excluding hydrogens is 354 g/mol.